The quantitative estimate of drug-likeness (QED) is 0.410. The Hall–Kier alpha value is 0. The summed E-state index contributed by atoms with van der Waals surface area (Å²) in [4.78, 5) is 0. The highest BCUT2D eigenvalue weighted by Gasteiger charge is 1.95. The van der Waals surface area contributed by atoms with E-state index in [1.165, 1.54) is 19.3 Å². The van der Waals surface area contributed by atoms with Crippen LogP contribution in [0.4, 0.5) is 0 Å². The molecule has 5 heavy (non-hydrogen) atoms. The highest BCUT2D eigenvalue weighted by molar-refractivity contribution is 4.74. The van der Waals surface area contributed by atoms with E-state index in [0.29, 0.717) is 0 Å². The molecule has 1 aliphatic carbocycles. The highest BCUT2D eigenvalue weighted by Crippen LogP contribution is 2.13. The Morgan fingerprint density at radius 1 is 1.20 bits per heavy atom. The van der Waals surface area contributed by atoms with Gasteiger partial charge in [0, 0.05) is 0 Å². The van der Waals surface area contributed by atoms with Crippen LogP contribution >= 0.6 is 0 Å². The third kappa shape index (κ3) is 1.00. The van der Waals surface area contributed by atoms with Crippen molar-refractivity contribution in [1.82, 2.24) is 0 Å². The molecule has 1 fully saturated rings. The van der Waals surface area contributed by atoms with Gasteiger partial charge in [0.25, 0.3) is 0 Å². The Morgan fingerprint density at radius 2 is 1.40 bits per heavy atom. The molecular formula is C5H11. The highest BCUT2D eigenvalue weighted by atomic mass is 14.0. The maximum absolute atomic E-state index is 2.31. The Kier molecular flexibility index (Phi) is 2.25. The standard InChI is InChI=1S/C4H7.CH4/c1-2-4-3-1;/h1H,2-4H2;1H4. The second kappa shape index (κ2) is 2.25. The molecule has 0 saturated heterocycles. The van der Waals surface area contributed by atoms with E-state index in [0.717, 1.165) is 0 Å². The van der Waals surface area contributed by atoms with Crippen molar-refractivity contribution in [1.29, 1.82) is 0 Å². The summed E-state index contributed by atoms with van der Waals surface area (Å²) in [5, 5.41) is 0. The molecule has 0 bridgehead atoms. The van der Waals surface area contributed by atoms with E-state index in [-0.39, 0.29) is 7.43 Å². The molecule has 1 saturated carbocycles. The van der Waals surface area contributed by atoms with E-state index in [2.05, 4.69) is 6.42 Å². The molecule has 1 radical (unpaired) electrons. The zero-order valence-corrected chi connectivity index (χ0v) is 2.70. The summed E-state index contributed by atoms with van der Waals surface area (Å²) in [7, 11) is 0. The predicted octanol–water partition coefficient (Wildman–Crippen LogP) is 2.01. The van der Waals surface area contributed by atoms with Crippen LogP contribution in [0, 0.1) is 6.42 Å². The Morgan fingerprint density at radius 3 is 1.40 bits per heavy atom. The average molecular weight is 71.1 g/mol. The van der Waals surface area contributed by atoms with Crippen LogP contribution < -0.4 is 0 Å². The van der Waals surface area contributed by atoms with Crippen LogP contribution in [0.1, 0.15) is 26.7 Å². The van der Waals surface area contributed by atoms with Crippen molar-refractivity contribution in [2.45, 2.75) is 26.7 Å². The van der Waals surface area contributed by atoms with Crippen LogP contribution in [0.2, 0.25) is 0 Å². The zero-order chi connectivity index (χ0) is 2.83. The van der Waals surface area contributed by atoms with Crippen LogP contribution in [0.15, 0.2) is 0 Å². The lowest BCUT2D eigenvalue weighted by Crippen LogP contribution is -1.87. The summed E-state index contributed by atoms with van der Waals surface area (Å²) in [6, 6.07) is 0. The second-order valence-electron chi connectivity index (χ2n) is 1.22. The molecule has 0 aliphatic heterocycles. The van der Waals surface area contributed by atoms with Gasteiger partial charge >= 0.3 is 0 Å². The molecule has 0 unspecified atom stereocenters. The number of rotatable bonds is 0. The van der Waals surface area contributed by atoms with Crippen molar-refractivity contribution >= 4 is 0 Å². The van der Waals surface area contributed by atoms with E-state index in [4.69, 9.17) is 0 Å². The van der Waals surface area contributed by atoms with Crippen LogP contribution in [0.25, 0.3) is 0 Å². The molecule has 0 heteroatoms. The average Bonchev–Trinajstić information content (AvgIpc) is 0.722. The molecule has 1 rings (SSSR count). The first kappa shape index (κ1) is 5.00. The molecule has 0 N–H and O–H groups in total. The molecular weight excluding hydrogens is 60.1 g/mol. The normalized spacial score (nSPS) is 19.2. The molecule has 0 spiro atoms. The molecule has 0 aromatic rings. The van der Waals surface area contributed by atoms with E-state index >= 15 is 0 Å². The van der Waals surface area contributed by atoms with Crippen LogP contribution in [-0.4, -0.2) is 0 Å². The van der Waals surface area contributed by atoms with E-state index in [1.807, 2.05) is 0 Å². The maximum Gasteiger partial charge on any atom is -0.0386 e. The van der Waals surface area contributed by atoms with Crippen LogP contribution in [0.3, 0.4) is 0 Å². The van der Waals surface area contributed by atoms with Gasteiger partial charge < -0.3 is 0 Å². The van der Waals surface area contributed by atoms with Crippen LogP contribution in [0.5, 0.6) is 0 Å². The summed E-state index contributed by atoms with van der Waals surface area (Å²) in [5.41, 5.74) is 0. The summed E-state index contributed by atoms with van der Waals surface area (Å²) in [6.45, 7) is 0. The minimum Gasteiger partial charge on any atom is -0.0776 e. The minimum absolute atomic E-state index is 0. The van der Waals surface area contributed by atoms with Crippen molar-refractivity contribution in [3.63, 3.8) is 0 Å². The molecule has 31 valence electrons. The predicted molar refractivity (Wildman–Crippen MR) is 24.9 cm³/mol. The van der Waals surface area contributed by atoms with E-state index < -0.39 is 0 Å². The fraction of sp³-hybridized carbons (Fsp3) is 0.800. The van der Waals surface area contributed by atoms with Gasteiger partial charge in [0.2, 0.25) is 0 Å². The van der Waals surface area contributed by atoms with Gasteiger partial charge in [-0.25, -0.2) is 0 Å². The first-order valence-electron chi connectivity index (χ1n) is 1.82. The van der Waals surface area contributed by atoms with Crippen molar-refractivity contribution in [3.8, 4) is 0 Å². The van der Waals surface area contributed by atoms with Gasteiger partial charge in [0.15, 0.2) is 0 Å². The maximum atomic E-state index is 2.31. The van der Waals surface area contributed by atoms with Gasteiger partial charge in [-0.3, -0.25) is 0 Å². The van der Waals surface area contributed by atoms with Gasteiger partial charge in [-0.15, -0.1) is 0 Å². The lowest BCUT2D eigenvalue weighted by atomic mass is 10.0. The number of hydrogen-bond donors (Lipinski definition) is 0. The number of hydrogen-bond acceptors (Lipinski definition) is 0. The second-order valence-corrected chi connectivity index (χ2v) is 1.22. The molecule has 0 nitrogen and oxygen atoms in total. The summed E-state index contributed by atoms with van der Waals surface area (Å²) >= 11 is 0. The Balaban J connectivity index is 0.000000160. The van der Waals surface area contributed by atoms with Gasteiger partial charge in [-0.1, -0.05) is 26.7 Å². The largest absolute Gasteiger partial charge is 0.0776 e. The minimum atomic E-state index is 0. The monoisotopic (exact) mass is 71.1 g/mol. The third-order valence-electron chi connectivity index (χ3n) is 0.816. The van der Waals surface area contributed by atoms with Gasteiger partial charge in [-0.05, 0) is 6.42 Å². The van der Waals surface area contributed by atoms with E-state index in [1.54, 1.807) is 0 Å². The Labute approximate surface area is 34.2 Å². The SMILES string of the molecule is C.[CH]1CCC1. The Bertz CT molecular complexity index is 8.00. The van der Waals surface area contributed by atoms with Crippen molar-refractivity contribution in [3.05, 3.63) is 6.42 Å². The summed E-state index contributed by atoms with van der Waals surface area (Å²) < 4.78 is 0. The van der Waals surface area contributed by atoms with Crippen molar-refractivity contribution in [2.75, 3.05) is 0 Å². The zero-order valence-electron chi connectivity index (χ0n) is 2.70. The molecule has 0 amide bonds. The molecule has 0 atom stereocenters. The third-order valence-corrected chi connectivity index (χ3v) is 0.816. The van der Waals surface area contributed by atoms with Gasteiger partial charge in [0.05, 0.1) is 0 Å². The fourth-order valence-electron chi connectivity index (χ4n) is 0.204. The van der Waals surface area contributed by atoms with Crippen LogP contribution in [-0.2, 0) is 0 Å². The summed E-state index contributed by atoms with van der Waals surface area (Å²) in [5.74, 6) is 0. The molecule has 1 aliphatic rings. The lowest BCUT2D eigenvalue weighted by molar-refractivity contribution is 0.652. The first-order chi connectivity index (χ1) is 2.00. The molecule has 0 heterocycles. The molecule has 0 aromatic carbocycles. The van der Waals surface area contributed by atoms with Gasteiger partial charge in [0.1, 0.15) is 0 Å². The molecule has 0 aromatic heterocycles. The first-order valence-corrected chi connectivity index (χ1v) is 1.82. The topological polar surface area (TPSA) is 0 Å². The lowest BCUT2D eigenvalue weighted by Gasteiger charge is -2.05. The van der Waals surface area contributed by atoms with Gasteiger partial charge in [-0.2, -0.15) is 0 Å². The van der Waals surface area contributed by atoms with E-state index in [9.17, 15) is 0 Å². The summed E-state index contributed by atoms with van der Waals surface area (Å²) in [6.07, 6.45) is 6.50. The van der Waals surface area contributed by atoms with Crippen molar-refractivity contribution in [2.24, 2.45) is 0 Å². The fourth-order valence-corrected chi connectivity index (χ4v) is 0.204. The smallest absolute Gasteiger partial charge is 0.0386 e. The van der Waals surface area contributed by atoms with Crippen molar-refractivity contribution < 1.29 is 0 Å².